The van der Waals surface area contributed by atoms with Crippen molar-refractivity contribution in [3.8, 4) is 0 Å². The van der Waals surface area contributed by atoms with Crippen LogP contribution in [0, 0.1) is 5.41 Å². The molecule has 150 valence electrons. The molecule has 4 rings (SSSR count). The molecule has 4 nitrogen and oxygen atoms in total. The van der Waals surface area contributed by atoms with Gasteiger partial charge in [-0.1, -0.05) is 11.6 Å². The van der Waals surface area contributed by atoms with Crippen molar-refractivity contribution in [2.75, 3.05) is 24.6 Å². The minimum Gasteiger partial charge on any atom is -0.300 e. The molecule has 0 amide bonds. The molecule has 0 aromatic carbocycles. The molecular weight excluding hydrogens is 401 g/mol. The molecule has 0 unspecified atom stereocenters. The van der Waals surface area contributed by atoms with Gasteiger partial charge >= 0.3 is 6.18 Å². The van der Waals surface area contributed by atoms with Crippen molar-refractivity contribution in [2.45, 2.75) is 50.2 Å². The van der Waals surface area contributed by atoms with E-state index in [1.807, 2.05) is 0 Å². The van der Waals surface area contributed by atoms with Gasteiger partial charge < -0.3 is 0 Å². The monoisotopic (exact) mass is 422 g/mol. The molecule has 0 N–H and O–H groups in total. The zero-order valence-corrected chi connectivity index (χ0v) is 16.4. The van der Waals surface area contributed by atoms with Crippen LogP contribution in [-0.4, -0.2) is 48.9 Å². The fraction of sp³-hybridized carbons (Fsp3) is 0.722. The lowest BCUT2D eigenvalue weighted by atomic mass is 9.81. The predicted octanol–water partition coefficient (Wildman–Crippen LogP) is 3.90. The zero-order valence-electron chi connectivity index (χ0n) is 14.8. The average molecular weight is 423 g/mol. The van der Waals surface area contributed by atoms with Gasteiger partial charge in [0.1, 0.15) is 5.69 Å². The normalized spacial score (nSPS) is 30.4. The van der Waals surface area contributed by atoms with E-state index in [1.54, 1.807) is 0 Å². The van der Waals surface area contributed by atoms with E-state index >= 15 is 0 Å². The second-order valence-electron chi connectivity index (χ2n) is 8.35. The van der Waals surface area contributed by atoms with Gasteiger partial charge in [-0.25, -0.2) is 8.42 Å². The van der Waals surface area contributed by atoms with E-state index in [0.717, 1.165) is 57.5 Å². The van der Waals surface area contributed by atoms with Gasteiger partial charge in [-0.3, -0.25) is 9.88 Å². The zero-order chi connectivity index (χ0) is 19.4. The first kappa shape index (κ1) is 19.5. The summed E-state index contributed by atoms with van der Waals surface area (Å²) in [6.45, 7) is 1.74. The summed E-state index contributed by atoms with van der Waals surface area (Å²) < 4.78 is 61.9. The molecule has 0 atom stereocenters. The van der Waals surface area contributed by atoms with Crippen molar-refractivity contribution in [3.63, 3.8) is 0 Å². The standard InChI is InChI=1S/C18H22ClF3N2O2S/c19-15-8-23-16(18(20,21)22)7-14(15)12-1-3-13(4-2-12)24-6-5-17(9-24)10-27(25,26)11-17/h7-8,12-13H,1-6,9-11H2/t12-,13-. The number of halogens is 4. The Kier molecular flexibility index (Phi) is 4.75. The fourth-order valence-corrected chi connectivity index (χ4v) is 7.59. The third kappa shape index (κ3) is 3.85. The Morgan fingerprint density at radius 1 is 1.19 bits per heavy atom. The van der Waals surface area contributed by atoms with Crippen LogP contribution in [0.15, 0.2) is 12.3 Å². The number of hydrogen-bond acceptors (Lipinski definition) is 4. The van der Waals surface area contributed by atoms with Crippen molar-refractivity contribution < 1.29 is 21.6 Å². The largest absolute Gasteiger partial charge is 0.433 e. The highest BCUT2D eigenvalue weighted by Crippen LogP contribution is 2.45. The first-order chi connectivity index (χ1) is 12.6. The molecule has 9 heteroatoms. The van der Waals surface area contributed by atoms with Crippen LogP contribution in [-0.2, 0) is 16.0 Å². The highest BCUT2D eigenvalue weighted by atomic mass is 35.5. The first-order valence-corrected chi connectivity index (χ1v) is 11.4. The molecule has 1 aromatic heterocycles. The van der Waals surface area contributed by atoms with Crippen LogP contribution in [0.1, 0.15) is 49.3 Å². The maximum absolute atomic E-state index is 12.9. The molecule has 27 heavy (non-hydrogen) atoms. The maximum atomic E-state index is 12.9. The SMILES string of the molecule is O=S1(=O)CC2(CCN([C@H]3CC[C@H](c4cc(C(F)(F)F)ncc4Cl)CC3)C2)C1. The molecule has 1 spiro atoms. The summed E-state index contributed by atoms with van der Waals surface area (Å²) in [5.41, 5.74) is -0.400. The van der Waals surface area contributed by atoms with Gasteiger partial charge in [-0.05, 0) is 56.2 Å². The molecule has 2 aliphatic heterocycles. The van der Waals surface area contributed by atoms with Crippen LogP contribution in [0.2, 0.25) is 5.02 Å². The number of aromatic nitrogens is 1. The molecule has 1 aromatic rings. The maximum Gasteiger partial charge on any atom is 0.433 e. The molecule has 1 saturated carbocycles. The van der Waals surface area contributed by atoms with Crippen molar-refractivity contribution in [1.29, 1.82) is 0 Å². The molecule has 3 aliphatic rings. The predicted molar refractivity (Wildman–Crippen MR) is 96.5 cm³/mol. The van der Waals surface area contributed by atoms with Gasteiger partial charge in [0, 0.05) is 24.2 Å². The van der Waals surface area contributed by atoms with Crippen LogP contribution in [0.3, 0.4) is 0 Å². The molecule has 2 saturated heterocycles. The summed E-state index contributed by atoms with van der Waals surface area (Å²) in [6.07, 6.45) is 0.926. The molecular formula is C18H22ClF3N2O2S. The highest BCUT2D eigenvalue weighted by Gasteiger charge is 2.53. The number of sulfone groups is 1. The third-order valence-electron chi connectivity index (χ3n) is 6.35. The number of hydrogen-bond donors (Lipinski definition) is 0. The summed E-state index contributed by atoms with van der Waals surface area (Å²) in [5, 5.41) is 0.297. The number of rotatable bonds is 2. The van der Waals surface area contributed by atoms with Crippen LogP contribution < -0.4 is 0 Å². The van der Waals surface area contributed by atoms with E-state index in [9.17, 15) is 21.6 Å². The van der Waals surface area contributed by atoms with Crippen molar-refractivity contribution in [3.05, 3.63) is 28.5 Å². The van der Waals surface area contributed by atoms with E-state index in [0.29, 0.717) is 28.1 Å². The number of likely N-dealkylation sites (tertiary alicyclic amines) is 1. The Bertz CT molecular complexity index is 823. The second-order valence-corrected chi connectivity index (χ2v) is 10.8. The van der Waals surface area contributed by atoms with Crippen molar-refractivity contribution in [2.24, 2.45) is 5.41 Å². The number of alkyl halides is 3. The Morgan fingerprint density at radius 2 is 1.85 bits per heavy atom. The van der Waals surface area contributed by atoms with Gasteiger partial charge in [-0.15, -0.1) is 0 Å². The van der Waals surface area contributed by atoms with Crippen molar-refractivity contribution in [1.82, 2.24) is 9.88 Å². The lowest BCUT2D eigenvalue weighted by Crippen LogP contribution is -2.51. The Morgan fingerprint density at radius 3 is 2.44 bits per heavy atom. The van der Waals surface area contributed by atoms with Gasteiger partial charge in [0.05, 0.1) is 16.5 Å². The average Bonchev–Trinajstić information content (AvgIpc) is 2.98. The van der Waals surface area contributed by atoms with Gasteiger partial charge in [0.2, 0.25) is 0 Å². The van der Waals surface area contributed by atoms with Gasteiger partial charge in [-0.2, -0.15) is 13.2 Å². The molecule has 3 fully saturated rings. The summed E-state index contributed by atoms with van der Waals surface area (Å²) in [6, 6.07) is 1.48. The van der Waals surface area contributed by atoms with Gasteiger partial charge in [0.15, 0.2) is 9.84 Å². The Labute approximate surface area is 162 Å². The Balaban J connectivity index is 1.39. The third-order valence-corrected chi connectivity index (χ3v) is 8.77. The lowest BCUT2D eigenvalue weighted by Gasteiger charge is -2.40. The minimum absolute atomic E-state index is 0.0125. The van der Waals surface area contributed by atoms with Crippen molar-refractivity contribution >= 4 is 21.4 Å². The first-order valence-electron chi connectivity index (χ1n) is 9.24. The fourth-order valence-electron chi connectivity index (χ4n) is 5.08. The van der Waals surface area contributed by atoms with Gasteiger partial charge in [0.25, 0.3) is 0 Å². The quantitative estimate of drug-likeness (QED) is 0.725. The number of nitrogens with zero attached hydrogens (tertiary/aromatic N) is 2. The minimum atomic E-state index is -4.47. The second kappa shape index (κ2) is 6.59. The van der Waals surface area contributed by atoms with Crippen LogP contribution >= 0.6 is 11.6 Å². The lowest BCUT2D eigenvalue weighted by molar-refractivity contribution is -0.141. The summed E-state index contributed by atoms with van der Waals surface area (Å²) in [4.78, 5) is 5.80. The Hall–Kier alpha value is -0.860. The summed E-state index contributed by atoms with van der Waals surface area (Å²) >= 11 is 6.14. The molecule has 0 bridgehead atoms. The smallest absolute Gasteiger partial charge is 0.300 e. The van der Waals surface area contributed by atoms with E-state index in [4.69, 9.17) is 11.6 Å². The van der Waals surface area contributed by atoms with Crippen LogP contribution in [0.4, 0.5) is 13.2 Å². The van der Waals surface area contributed by atoms with E-state index in [1.165, 1.54) is 0 Å². The summed E-state index contributed by atoms with van der Waals surface area (Å²) in [5.74, 6) is 0.621. The highest BCUT2D eigenvalue weighted by molar-refractivity contribution is 7.92. The van der Waals surface area contributed by atoms with E-state index in [-0.39, 0.29) is 11.3 Å². The molecule has 1 aliphatic carbocycles. The molecule has 3 heterocycles. The van der Waals surface area contributed by atoms with Crippen LogP contribution in [0.25, 0.3) is 0 Å². The summed E-state index contributed by atoms with van der Waals surface area (Å²) in [7, 11) is -2.83. The van der Waals surface area contributed by atoms with E-state index < -0.39 is 21.7 Å². The number of pyridine rings is 1. The van der Waals surface area contributed by atoms with Crippen LogP contribution in [0.5, 0.6) is 0 Å². The van der Waals surface area contributed by atoms with E-state index in [2.05, 4.69) is 9.88 Å². The molecule has 0 radical (unpaired) electrons. The topological polar surface area (TPSA) is 50.3 Å².